The minimum Gasteiger partial charge on any atom is -0.266 e. The molecule has 0 atom stereocenters. The number of allylic oxidation sites excluding steroid dienone is 1. The first-order valence-electron chi connectivity index (χ1n) is 3.29. The summed E-state index contributed by atoms with van der Waals surface area (Å²) in [6.07, 6.45) is 3.69. The molecule has 0 saturated carbocycles. The molecule has 2 aliphatic heterocycles. The minimum atomic E-state index is -0.0243. The third-order valence-electron chi connectivity index (χ3n) is 1.71. The summed E-state index contributed by atoms with van der Waals surface area (Å²) in [5.41, 5.74) is 1.30. The standard InChI is InChI=1S/C7H7NOS/c9-7-6-5(1-3-8-7)2-4-10-6/h3H,1-2,4H2. The second-order valence-electron chi connectivity index (χ2n) is 2.35. The molecule has 0 aromatic heterocycles. The molecule has 0 aromatic carbocycles. The van der Waals surface area contributed by atoms with Crippen LogP contribution in [0.3, 0.4) is 0 Å². The number of amides is 1. The predicted octanol–water partition coefficient (Wildman–Crippen LogP) is 1.38. The highest BCUT2D eigenvalue weighted by atomic mass is 32.2. The van der Waals surface area contributed by atoms with Crippen molar-refractivity contribution in [3.8, 4) is 0 Å². The molecular weight excluding hydrogens is 146 g/mol. The number of nitrogens with zero attached hydrogens (tertiary/aromatic N) is 1. The molecule has 0 saturated heterocycles. The van der Waals surface area contributed by atoms with Gasteiger partial charge in [0.15, 0.2) is 0 Å². The lowest BCUT2D eigenvalue weighted by Crippen LogP contribution is -2.02. The van der Waals surface area contributed by atoms with Gasteiger partial charge < -0.3 is 0 Å². The van der Waals surface area contributed by atoms with Crippen LogP contribution in [-0.4, -0.2) is 17.9 Å². The summed E-state index contributed by atoms with van der Waals surface area (Å²) in [6, 6.07) is 0. The third kappa shape index (κ3) is 0.814. The SMILES string of the molecule is O=C1N=CCC2=C1SCC2. The number of carbonyl (C=O) groups is 1. The maximum Gasteiger partial charge on any atom is 0.283 e. The summed E-state index contributed by atoms with van der Waals surface area (Å²) in [4.78, 5) is 15.6. The number of hydrogen-bond donors (Lipinski definition) is 0. The molecule has 0 spiro atoms. The first-order valence-corrected chi connectivity index (χ1v) is 4.28. The van der Waals surface area contributed by atoms with Crippen molar-refractivity contribution < 1.29 is 4.79 Å². The topological polar surface area (TPSA) is 29.4 Å². The van der Waals surface area contributed by atoms with E-state index in [-0.39, 0.29) is 5.91 Å². The Hall–Kier alpha value is -0.570. The molecule has 1 amide bonds. The Morgan fingerprint density at radius 3 is 3.30 bits per heavy atom. The average Bonchev–Trinajstić information content (AvgIpc) is 2.36. The second-order valence-corrected chi connectivity index (χ2v) is 3.46. The average molecular weight is 153 g/mol. The van der Waals surface area contributed by atoms with Gasteiger partial charge in [-0.2, -0.15) is 0 Å². The molecular formula is C7H7NOS. The Bertz CT molecular complexity index is 242. The van der Waals surface area contributed by atoms with Gasteiger partial charge in [-0.05, 0) is 12.0 Å². The van der Waals surface area contributed by atoms with Crippen molar-refractivity contribution in [2.75, 3.05) is 5.75 Å². The van der Waals surface area contributed by atoms with E-state index < -0.39 is 0 Å². The molecule has 2 rings (SSSR count). The van der Waals surface area contributed by atoms with Crippen LogP contribution in [-0.2, 0) is 4.79 Å². The van der Waals surface area contributed by atoms with Crippen LogP contribution in [0.2, 0.25) is 0 Å². The van der Waals surface area contributed by atoms with Crippen molar-refractivity contribution in [2.24, 2.45) is 4.99 Å². The molecule has 0 N–H and O–H groups in total. The van der Waals surface area contributed by atoms with Gasteiger partial charge in [0.2, 0.25) is 0 Å². The van der Waals surface area contributed by atoms with E-state index in [0.717, 1.165) is 23.5 Å². The third-order valence-corrected chi connectivity index (χ3v) is 2.87. The molecule has 2 nitrogen and oxygen atoms in total. The largest absolute Gasteiger partial charge is 0.283 e. The van der Waals surface area contributed by atoms with Gasteiger partial charge >= 0.3 is 0 Å². The van der Waals surface area contributed by atoms with Gasteiger partial charge in [0.1, 0.15) is 0 Å². The van der Waals surface area contributed by atoms with Crippen molar-refractivity contribution >= 4 is 23.9 Å². The zero-order valence-corrected chi connectivity index (χ0v) is 6.28. The van der Waals surface area contributed by atoms with Crippen molar-refractivity contribution in [3.05, 3.63) is 10.5 Å². The van der Waals surface area contributed by atoms with Gasteiger partial charge in [-0.3, -0.25) is 4.79 Å². The number of dihydropyridines is 1. The minimum absolute atomic E-state index is 0.0243. The highest BCUT2D eigenvalue weighted by Gasteiger charge is 2.22. The second kappa shape index (κ2) is 2.23. The van der Waals surface area contributed by atoms with E-state index in [1.54, 1.807) is 18.0 Å². The number of carbonyl (C=O) groups excluding carboxylic acids is 1. The summed E-state index contributed by atoms with van der Waals surface area (Å²) in [7, 11) is 0. The Labute approximate surface area is 63.4 Å². The van der Waals surface area contributed by atoms with E-state index in [9.17, 15) is 4.79 Å². The van der Waals surface area contributed by atoms with Crippen molar-refractivity contribution in [3.63, 3.8) is 0 Å². The van der Waals surface area contributed by atoms with Gasteiger partial charge in [0, 0.05) is 18.4 Å². The van der Waals surface area contributed by atoms with Crippen LogP contribution in [0.4, 0.5) is 0 Å². The van der Waals surface area contributed by atoms with Crippen LogP contribution in [0.5, 0.6) is 0 Å². The molecule has 10 heavy (non-hydrogen) atoms. The fourth-order valence-electron chi connectivity index (χ4n) is 1.20. The molecule has 0 radical (unpaired) electrons. The summed E-state index contributed by atoms with van der Waals surface area (Å²) in [5, 5.41) is 0. The van der Waals surface area contributed by atoms with Crippen molar-refractivity contribution in [1.82, 2.24) is 0 Å². The van der Waals surface area contributed by atoms with E-state index in [1.165, 1.54) is 5.57 Å². The van der Waals surface area contributed by atoms with E-state index in [4.69, 9.17) is 0 Å². The molecule has 52 valence electrons. The molecule has 0 aromatic rings. The van der Waals surface area contributed by atoms with Gasteiger partial charge in [-0.15, -0.1) is 11.8 Å². The van der Waals surface area contributed by atoms with Crippen molar-refractivity contribution in [2.45, 2.75) is 12.8 Å². The molecule has 2 heterocycles. The van der Waals surface area contributed by atoms with Crippen LogP contribution in [0.25, 0.3) is 0 Å². The van der Waals surface area contributed by atoms with Crippen LogP contribution in [0, 0.1) is 0 Å². The van der Waals surface area contributed by atoms with Crippen molar-refractivity contribution in [1.29, 1.82) is 0 Å². The van der Waals surface area contributed by atoms with Gasteiger partial charge in [-0.25, -0.2) is 4.99 Å². The van der Waals surface area contributed by atoms with Crippen LogP contribution in [0.1, 0.15) is 12.8 Å². The van der Waals surface area contributed by atoms with Gasteiger partial charge in [0.25, 0.3) is 5.91 Å². The monoisotopic (exact) mass is 153 g/mol. The zero-order valence-electron chi connectivity index (χ0n) is 5.46. The smallest absolute Gasteiger partial charge is 0.266 e. The first kappa shape index (κ1) is 6.16. The lowest BCUT2D eigenvalue weighted by molar-refractivity contribution is -0.113. The van der Waals surface area contributed by atoms with Crippen LogP contribution < -0.4 is 0 Å². The molecule has 3 heteroatoms. The zero-order chi connectivity index (χ0) is 6.97. The van der Waals surface area contributed by atoms with E-state index >= 15 is 0 Å². The van der Waals surface area contributed by atoms with Crippen LogP contribution >= 0.6 is 11.8 Å². The number of rotatable bonds is 0. The fraction of sp³-hybridized carbons (Fsp3) is 0.429. The lowest BCUT2D eigenvalue weighted by Gasteiger charge is -2.03. The molecule has 2 aliphatic rings. The van der Waals surface area contributed by atoms with Crippen LogP contribution in [0.15, 0.2) is 15.5 Å². The number of hydrogen-bond acceptors (Lipinski definition) is 2. The maximum absolute atomic E-state index is 11.0. The number of thioether (sulfide) groups is 1. The first-order chi connectivity index (χ1) is 4.88. The summed E-state index contributed by atoms with van der Waals surface area (Å²) in [6.45, 7) is 0. The maximum atomic E-state index is 11.0. The molecule has 0 aliphatic carbocycles. The quantitative estimate of drug-likeness (QED) is 0.526. The van der Waals surface area contributed by atoms with Gasteiger partial charge in [-0.1, -0.05) is 0 Å². The Balaban J connectivity index is 2.35. The van der Waals surface area contributed by atoms with E-state index in [1.807, 2.05) is 0 Å². The summed E-state index contributed by atoms with van der Waals surface area (Å²) < 4.78 is 0. The molecule has 0 bridgehead atoms. The fourth-order valence-corrected chi connectivity index (χ4v) is 2.32. The Kier molecular flexibility index (Phi) is 1.38. The normalized spacial score (nSPS) is 23.8. The molecule has 0 unspecified atom stereocenters. The lowest BCUT2D eigenvalue weighted by atomic mass is 10.1. The highest BCUT2D eigenvalue weighted by Crippen LogP contribution is 2.35. The van der Waals surface area contributed by atoms with E-state index in [2.05, 4.69) is 4.99 Å². The highest BCUT2D eigenvalue weighted by molar-refractivity contribution is 8.04. The Morgan fingerprint density at radius 1 is 1.60 bits per heavy atom. The summed E-state index contributed by atoms with van der Waals surface area (Å²) in [5.74, 6) is 1.04. The summed E-state index contributed by atoms with van der Waals surface area (Å²) >= 11 is 1.65. The number of aliphatic imine (C=N–C) groups is 1. The van der Waals surface area contributed by atoms with E-state index in [0.29, 0.717) is 0 Å². The molecule has 0 fully saturated rings. The van der Waals surface area contributed by atoms with Gasteiger partial charge in [0.05, 0.1) is 4.91 Å². The Morgan fingerprint density at radius 2 is 2.50 bits per heavy atom. The predicted molar refractivity (Wildman–Crippen MR) is 42.2 cm³/mol.